The molecule has 0 unspecified atom stereocenters. The molecule has 0 saturated carbocycles. The van der Waals surface area contributed by atoms with Crippen molar-refractivity contribution in [2.45, 2.75) is 0 Å². The van der Waals surface area contributed by atoms with Gasteiger partial charge in [0.25, 0.3) is 0 Å². The first kappa shape index (κ1) is 8.85. The van der Waals surface area contributed by atoms with E-state index in [0.29, 0.717) is 19.3 Å². The molecule has 1 saturated heterocycles. The van der Waals surface area contributed by atoms with Crippen molar-refractivity contribution >= 4 is 0 Å². The molecule has 2 aliphatic rings. The Balaban J connectivity index is 1.64. The molecule has 1 aromatic carbocycles. The van der Waals surface area contributed by atoms with E-state index in [0.717, 1.165) is 30.5 Å². The predicted octanol–water partition coefficient (Wildman–Crippen LogP) is 1.44. The van der Waals surface area contributed by atoms with Gasteiger partial charge in [-0.1, -0.05) is 0 Å². The van der Waals surface area contributed by atoms with Gasteiger partial charge < -0.3 is 18.9 Å². The summed E-state index contributed by atoms with van der Waals surface area (Å²) in [7, 11) is 0. The van der Waals surface area contributed by atoms with Gasteiger partial charge in [-0.2, -0.15) is 0 Å². The fraction of sp³-hybridized carbons (Fsp3) is 0.455. The van der Waals surface area contributed by atoms with Gasteiger partial charge in [-0.3, -0.25) is 0 Å². The summed E-state index contributed by atoms with van der Waals surface area (Å²) in [5.74, 6) is 2.91. The van der Waals surface area contributed by atoms with Crippen molar-refractivity contribution in [3.63, 3.8) is 0 Å². The van der Waals surface area contributed by atoms with Crippen molar-refractivity contribution in [1.29, 1.82) is 0 Å². The second-order valence-corrected chi connectivity index (χ2v) is 3.73. The van der Waals surface area contributed by atoms with Crippen LogP contribution in [0.25, 0.3) is 0 Å². The lowest BCUT2D eigenvalue weighted by Gasteiger charge is -2.25. The summed E-state index contributed by atoms with van der Waals surface area (Å²) in [6.07, 6.45) is 0. The molecule has 0 N–H and O–H groups in total. The fourth-order valence-electron chi connectivity index (χ4n) is 1.56. The second kappa shape index (κ2) is 3.62. The number of rotatable bonds is 3. The SMILES string of the molecule is c1cc2c(cc1OCC1COC1)OCO2. The highest BCUT2D eigenvalue weighted by atomic mass is 16.7. The van der Waals surface area contributed by atoms with Gasteiger partial charge >= 0.3 is 0 Å². The van der Waals surface area contributed by atoms with Crippen LogP contribution in [0.15, 0.2) is 18.2 Å². The quantitative estimate of drug-likeness (QED) is 0.753. The first-order chi connectivity index (χ1) is 7.42. The Kier molecular flexibility index (Phi) is 2.14. The second-order valence-electron chi connectivity index (χ2n) is 3.73. The topological polar surface area (TPSA) is 36.9 Å². The molecule has 1 aromatic rings. The lowest BCUT2D eigenvalue weighted by molar-refractivity contribution is -0.0508. The third kappa shape index (κ3) is 1.72. The zero-order chi connectivity index (χ0) is 10.1. The highest BCUT2D eigenvalue weighted by molar-refractivity contribution is 5.46. The van der Waals surface area contributed by atoms with Crippen LogP contribution in [-0.4, -0.2) is 26.6 Å². The Morgan fingerprint density at radius 1 is 1.20 bits per heavy atom. The Labute approximate surface area is 87.7 Å². The fourth-order valence-corrected chi connectivity index (χ4v) is 1.56. The molecule has 0 bridgehead atoms. The molecule has 80 valence electrons. The maximum absolute atomic E-state index is 5.62. The summed E-state index contributed by atoms with van der Waals surface area (Å²) in [5, 5.41) is 0. The normalized spacial score (nSPS) is 18.7. The minimum atomic E-state index is 0.301. The van der Waals surface area contributed by atoms with Crippen molar-refractivity contribution in [3.8, 4) is 17.2 Å². The summed E-state index contributed by atoms with van der Waals surface area (Å²) in [4.78, 5) is 0. The van der Waals surface area contributed by atoms with Crippen LogP contribution in [-0.2, 0) is 4.74 Å². The molecule has 0 atom stereocenters. The van der Waals surface area contributed by atoms with Crippen molar-refractivity contribution in [2.24, 2.45) is 5.92 Å². The lowest BCUT2D eigenvalue weighted by Crippen LogP contribution is -2.32. The van der Waals surface area contributed by atoms with Crippen LogP contribution >= 0.6 is 0 Å². The smallest absolute Gasteiger partial charge is 0.231 e. The van der Waals surface area contributed by atoms with Gasteiger partial charge in [-0.05, 0) is 12.1 Å². The minimum absolute atomic E-state index is 0.301. The molecule has 1 fully saturated rings. The highest BCUT2D eigenvalue weighted by Gasteiger charge is 2.19. The van der Waals surface area contributed by atoms with Crippen LogP contribution in [0.5, 0.6) is 17.2 Å². The summed E-state index contributed by atoms with van der Waals surface area (Å²) < 4.78 is 21.2. The zero-order valence-electron chi connectivity index (χ0n) is 8.27. The van der Waals surface area contributed by atoms with E-state index in [9.17, 15) is 0 Å². The summed E-state index contributed by atoms with van der Waals surface area (Å²) in [6, 6.07) is 5.63. The maximum Gasteiger partial charge on any atom is 0.231 e. The van der Waals surface area contributed by atoms with E-state index in [4.69, 9.17) is 18.9 Å². The van der Waals surface area contributed by atoms with Crippen LogP contribution in [0.1, 0.15) is 0 Å². The monoisotopic (exact) mass is 208 g/mol. The number of fused-ring (bicyclic) bond motifs is 1. The van der Waals surface area contributed by atoms with Gasteiger partial charge in [-0.25, -0.2) is 0 Å². The molecule has 4 heteroatoms. The van der Waals surface area contributed by atoms with Crippen LogP contribution < -0.4 is 14.2 Å². The van der Waals surface area contributed by atoms with Gasteiger partial charge in [0.05, 0.1) is 19.8 Å². The molecule has 0 aliphatic carbocycles. The van der Waals surface area contributed by atoms with Gasteiger partial charge in [0.15, 0.2) is 11.5 Å². The van der Waals surface area contributed by atoms with E-state index in [2.05, 4.69) is 0 Å². The van der Waals surface area contributed by atoms with E-state index in [1.807, 2.05) is 18.2 Å². The molecule has 0 aromatic heterocycles. The molecule has 4 nitrogen and oxygen atoms in total. The Morgan fingerprint density at radius 3 is 2.87 bits per heavy atom. The number of hydrogen-bond donors (Lipinski definition) is 0. The average Bonchev–Trinajstić information content (AvgIpc) is 2.62. The van der Waals surface area contributed by atoms with Gasteiger partial charge in [0, 0.05) is 12.0 Å². The summed E-state index contributed by atoms with van der Waals surface area (Å²) >= 11 is 0. The Bertz CT molecular complexity index is 360. The molecule has 0 amide bonds. The average molecular weight is 208 g/mol. The minimum Gasteiger partial charge on any atom is -0.493 e. The Morgan fingerprint density at radius 2 is 2.07 bits per heavy atom. The molecule has 15 heavy (non-hydrogen) atoms. The molecule has 0 radical (unpaired) electrons. The number of benzene rings is 1. The third-order valence-corrected chi connectivity index (χ3v) is 2.54. The van der Waals surface area contributed by atoms with Crippen LogP contribution in [0.2, 0.25) is 0 Å². The first-order valence-electron chi connectivity index (χ1n) is 5.02. The third-order valence-electron chi connectivity index (χ3n) is 2.54. The van der Waals surface area contributed by atoms with Crippen LogP contribution in [0, 0.1) is 5.92 Å². The van der Waals surface area contributed by atoms with E-state index in [1.54, 1.807) is 0 Å². The van der Waals surface area contributed by atoms with Gasteiger partial charge in [0.1, 0.15) is 5.75 Å². The number of ether oxygens (including phenoxy) is 4. The van der Waals surface area contributed by atoms with Gasteiger partial charge in [-0.15, -0.1) is 0 Å². The standard InChI is InChI=1S/C11H12O4/c1-2-10-11(15-7-14-10)3-9(1)13-6-8-4-12-5-8/h1-3,8H,4-7H2. The molecule has 2 aliphatic heterocycles. The summed E-state index contributed by atoms with van der Waals surface area (Å²) in [6.45, 7) is 2.63. The largest absolute Gasteiger partial charge is 0.493 e. The highest BCUT2D eigenvalue weighted by Crippen LogP contribution is 2.35. The van der Waals surface area contributed by atoms with Crippen molar-refractivity contribution in [3.05, 3.63) is 18.2 Å². The van der Waals surface area contributed by atoms with Crippen molar-refractivity contribution in [2.75, 3.05) is 26.6 Å². The van der Waals surface area contributed by atoms with Crippen molar-refractivity contribution < 1.29 is 18.9 Å². The molecular weight excluding hydrogens is 196 g/mol. The van der Waals surface area contributed by atoms with Crippen molar-refractivity contribution in [1.82, 2.24) is 0 Å². The molecule has 2 heterocycles. The summed E-state index contributed by atoms with van der Waals surface area (Å²) in [5.41, 5.74) is 0. The predicted molar refractivity (Wildman–Crippen MR) is 52.4 cm³/mol. The number of hydrogen-bond acceptors (Lipinski definition) is 4. The molecule has 0 spiro atoms. The van der Waals surface area contributed by atoms with Gasteiger partial charge in [0.2, 0.25) is 6.79 Å². The van der Waals surface area contributed by atoms with E-state index < -0.39 is 0 Å². The van der Waals surface area contributed by atoms with E-state index in [1.165, 1.54) is 0 Å². The molecular formula is C11H12O4. The first-order valence-corrected chi connectivity index (χ1v) is 5.02. The molecule has 3 rings (SSSR count). The maximum atomic E-state index is 5.62. The Hall–Kier alpha value is -1.42. The van der Waals surface area contributed by atoms with E-state index >= 15 is 0 Å². The van der Waals surface area contributed by atoms with Crippen LogP contribution in [0.3, 0.4) is 0 Å². The lowest BCUT2D eigenvalue weighted by atomic mass is 10.1. The van der Waals surface area contributed by atoms with Crippen LogP contribution in [0.4, 0.5) is 0 Å². The zero-order valence-corrected chi connectivity index (χ0v) is 8.27. The van der Waals surface area contributed by atoms with E-state index in [-0.39, 0.29) is 0 Å².